The first-order valence-corrected chi connectivity index (χ1v) is 7.63. The van der Waals surface area contributed by atoms with Crippen LogP contribution in [0.5, 0.6) is 0 Å². The third-order valence-corrected chi connectivity index (χ3v) is 4.47. The number of hydrogen-bond acceptors (Lipinski definition) is 4. The van der Waals surface area contributed by atoms with Crippen LogP contribution in [0.15, 0.2) is 18.2 Å². The molecule has 0 radical (unpaired) electrons. The molecule has 21 heavy (non-hydrogen) atoms. The van der Waals surface area contributed by atoms with Gasteiger partial charge in [0.1, 0.15) is 0 Å². The first kappa shape index (κ1) is 16.5. The quantitative estimate of drug-likeness (QED) is 0.878. The highest BCUT2D eigenvalue weighted by atomic mass is 35.5. The molecule has 1 heterocycles. The number of hydrogen-bond donors (Lipinski definition) is 2. The third kappa shape index (κ3) is 4.31. The lowest BCUT2D eigenvalue weighted by Gasteiger charge is -2.39. The zero-order valence-electron chi connectivity index (χ0n) is 12.0. The van der Waals surface area contributed by atoms with Crippen molar-refractivity contribution in [1.29, 1.82) is 0 Å². The van der Waals surface area contributed by atoms with E-state index >= 15 is 0 Å². The molecule has 0 bridgehead atoms. The van der Waals surface area contributed by atoms with Crippen molar-refractivity contribution in [1.82, 2.24) is 9.80 Å². The zero-order valence-corrected chi connectivity index (χ0v) is 13.5. The monoisotopic (exact) mass is 330 g/mol. The number of amides is 1. The Balaban J connectivity index is 1.96. The van der Waals surface area contributed by atoms with E-state index in [1.807, 2.05) is 0 Å². The SMILES string of the molecule is CN1CCN(CC(=O)Nc2cccc(Cl)c2Cl)C(CN)C1. The number of likely N-dealkylation sites (N-methyl/N-ethyl adjacent to an activating group) is 1. The number of halogens is 2. The van der Waals surface area contributed by atoms with Crippen LogP contribution >= 0.6 is 23.2 Å². The minimum Gasteiger partial charge on any atom is -0.329 e. The Kier molecular flexibility index (Phi) is 5.84. The Morgan fingerprint density at radius 1 is 1.43 bits per heavy atom. The average molecular weight is 331 g/mol. The fourth-order valence-corrected chi connectivity index (χ4v) is 2.80. The summed E-state index contributed by atoms with van der Waals surface area (Å²) in [6.07, 6.45) is 0. The van der Waals surface area contributed by atoms with E-state index in [1.54, 1.807) is 18.2 Å². The van der Waals surface area contributed by atoms with E-state index in [4.69, 9.17) is 28.9 Å². The van der Waals surface area contributed by atoms with Gasteiger partial charge in [-0.3, -0.25) is 9.69 Å². The molecular weight excluding hydrogens is 311 g/mol. The van der Waals surface area contributed by atoms with E-state index in [1.165, 1.54) is 0 Å². The molecule has 1 aliphatic rings. The Hall–Kier alpha value is -0.850. The lowest BCUT2D eigenvalue weighted by atomic mass is 10.1. The molecule has 0 spiro atoms. The molecule has 0 aromatic heterocycles. The summed E-state index contributed by atoms with van der Waals surface area (Å²) in [7, 11) is 2.06. The molecule has 1 fully saturated rings. The minimum absolute atomic E-state index is 0.109. The van der Waals surface area contributed by atoms with Crippen LogP contribution in [0.1, 0.15) is 0 Å². The van der Waals surface area contributed by atoms with Gasteiger partial charge in [-0.05, 0) is 19.2 Å². The molecule has 116 valence electrons. The van der Waals surface area contributed by atoms with Gasteiger partial charge in [-0.2, -0.15) is 0 Å². The lowest BCUT2D eigenvalue weighted by molar-refractivity contribution is -0.118. The van der Waals surface area contributed by atoms with E-state index in [2.05, 4.69) is 22.2 Å². The molecule has 1 atom stereocenters. The maximum Gasteiger partial charge on any atom is 0.238 e. The van der Waals surface area contributed by atoms with Crippen molar-refractivity contribution in [2.45, 2.75) is 6.04 Å². The Morgan fingerprint density at radius 2 is 2.19 bits per heavy atom. The number of rotatable bonds is 4. The van der Waals surface area contributed by atoms with E-state index in [0.29, 0.717) is 28.8 Å². The van der Waals surface area contributed by atoms with Crippen LogP contribution in [0, 0.1) is 0 Å². The minimum atomic E-state index is -0.109. The number of anilines is 1. The van der Waals surface area contributed by atoms with Crippen molar-refractivity contribution in [2.24, 2.45) is 5.73 Å². The van der Waals surface area contributed by atoms with Crippen LogP contribution in [0.3, 0.4) is 0 Å². The molecule has 1 amide bonds. The summed E-state index contributed by atoms with van der Waals surface area (Å²) in [6.45, 7) is 3.48. The first-order chi connectivity index (χ1) is 10.0. The topological polar surface area (TPSA) is 61.6 Å². The summed E-state index contributed by atoms with van der Waals surface area (Å²) in [5.74, 6) is -0.109. The largest absolute Gasteiger partial charge is 0.329 e. The molecular formula is C14H20Cl2N4O. The smallest absolute Gasteiger partial charge is 0.238 e. The molecule has 2 rings (SSSR count). The molecule has 1 aromatic carbocycles. The average Bonchev–Trinajstić information content (AvgIpc) is 2.45. The molecule has 3 N–H and O–H groups in total. The number of benzene rings is 1. The highest BCUT2D eigenvalue weighted by molar-refractivity contribution is 6.43. The van der Waals surface area contributed by atoms with Gasteiger partial charge in [0.05, 0.1) is 22.3 Å². The Labute approximate surface area is 135 Å². The van der Waals surface area contributed by atoms with Crippen molar-refractivity contribution in [3.8, 4) is 0 Å². The number of nitrogens with zero attached hydrogens (tertiary/aromatic N) is 2. The highest BCUT2D eigenvalue weighted by Crippen LogP contribution is 2.29. The summed E-state index contributed by atoms with van der Waals surface area (Å²) < 4.78 is 0. The van der Waals surface area contributed by atoms with Crippen LogP contribution in [-0.2, 0) is 4.79 Å². The van der Waals surface area contributed by atoms with E-state index in [-0.39, 0.29) is 11.9 Å². The summed E-state index contributed by atoms with van der Waals surface area (Å²) >= 11 is 12.0. The predicted molar refractivity (Wildman–Crippen MR) is 87.0 cm³/mol. The molecule has 0 aliphatic carbocycles. The van der Waals surface area contributed by atoms with Crippen molar-refractivity contribution < 1.29 is 4.79 Å². The van der Waals surface area contributed by atoms with Crippen LogP contribution in [0.4, 0.5) is 5.69 Å². The van der Waals surface area contributed by atoms with Crippen LogP contribution in [0.25, 0.3) is 0 Å². The van der Waals surface area contributed by atoms with E-state index in [9.17, 15) is 4.79 Å². The normalized spacial score (nSPS) is 20.5. The van der Waals surface area contributed by atoms with E-state index in [0.717, 1.165) is 19.6 Å². The maximum absolute atomic E-state index is 12.2. The molecule has 1 aliphatic heterocycles. The Bertz CT molecular complexity index is 512. The van der Waals surface area contributed by atoms with E-state index < -0.39 is 0 Å². The molecule has 1 unspecified atom stereocenters. The van der Waals surface area contributed by atoms with Crippen LogP contribution in [-0.4, -0.2) is 61.5 Å². The van der Waals surface area contributed by atoms with Gasteiger partial charge in [0.25, 0.3) is 0 Å². The zero-order chi connectivity index (χ0) is 15.4. The van der Waals surface area contributed by atoms with Crippen LogP contribution in [0.2, 0.25) is 10.0 Å². The second-order valence-corrected chi connectivity index (χ2v) is 6.06. The summed E-state index contributed by atoms with van der Waals surface area (Å²) in [5.41, 5.74) is 6.32. The van der Waals surface area contributed by atoms with Gasteiger partial charge in [0.2, 0.25) is 5.91 Å². The number of carbonyl (C=O) groups excluding carboxylic acids is 1. The number of nitrogens with one attached hydrogen (secondary N) is 1. The standard InChI is InChI=1S/C14H20Cl2N4O/c1-19-5-6-20(10(7-17)8-19)9-13(21)18-12-4-2-3-11(15)14(12)16/h2-4,10H,5-9,17H2,1H3,(H,18,21). The second-order valence-electron chi connectivity index (χ2n) is 5.27. The number of nitrogens with two attached hydrogens (primary N) is 1. The van der Waals surface area contributed by atoms with Gasteiger partial charge in [-0.1, -0.05) is 29.3 Å². The van der Waals surface area contributed by atoms with Gasteiger partial charge in [0.15, 0.2) is 0 Å². The van der Waals surface area contributed by atoms with Crippen molar-refractivity contribution in [3.63, 3.8) is 0 Å². The van der Waals surface area contributed by atoms with Crippen LogP contribution < -0.4 is 11.1 Å². The van der Waals surface area contributed by atoms with Gasteiger partial charge >= 0.3 is 0 Å². The second kappa shape index (κ2) is 7.42. The van der Waals surface area contributed by atoms with Crippen molar-refractivity contribution in [3.05, 3.63) is 28.2 Å². The van der Waals surface area contributed by atoms with Gasteiger partial charge in [0, 0.05) is 32.2 Å². The summed E-state index contributed by atoms with van der Waals surface area (Å²) in [4.78, 5) is 16.5. The fraction of sp³-hybridized carbons (Fsp3) is 0.500. The Morgan fingerprint density at radius 3 is 2.90 bits per heavy atom. The van der Waals surface area contributed by atoms with Gasteiger partial charge < -0.3 is 16.0 Å². The van der Waals surface area contributed by atoms with Crippen molar-refractivity contribution in [2.75, 3.05) is 45.1 Å². The molecule has 5 nitrogen and oxygen atoms in total. The highest BCUT2D eigenvalue weighted by Gasteiger charge is 2.25. The fourth-order valence-electron chi connectivity index (χ4n) is 2.45. The molecule has 1 aromatic rings. The summed E-state index contributed by atoms with van der Waals surface area (Å²) in [5, 5.41) is 3.59. The molecule has 0 saturated carbocycles. The van der Waals surface area contributed by atoms with Gasteiger partial charge in [-0.15, -0.1) is 0 Å². The van der Waals surface area contributed by atoms with Gasteiger partial charge in [-0.25, -0.2) is 0 Å². The predicted octanol–water partition coefficient (Wildman–Crippen LogP) is 1.51. The third-order valence-electron chi connectivity index (χ3n) is 3.65. The molecule has 7 heteroatoms. The summed E-state index contributed by atoms with van der Waals surface area (Å²) in [6, 6.07) is 5.37. The number of carbonyl (C=O) groups is 1. The lowest BCUT2D eigenvalue weighted by Crippen LogP contribution is -2.56. The maximum atomic E-state index is 12.2. The first-order valence-electron chi connectivity index (χ1n) is 6.87. The molecule has 1 saturated heterocycles. The van der Waals surface area contributed by atoms with Crippen molar-refractivity contribution >= 4 is 34.8 Å². The number of piperazine rings is 1.